The molecule has 0 atom stereocenters. The first-order chi connectivity index (χ1) is 8.19. The van der Waals surface area contributed by atoms with Crippen LogP contribution in [0.15, 0.2) is 5.11 Å². The van der Waals surface area contributed by atoms with Crippen molar-refractivity contribution in [1.82, 2.24) is 0 Å². The van der Waals surface area contributed by atoms with Crippen LogP contribution in [-0.2, 0) is 6.32 Å². The van der Waals surface area contributed by atoms with E-state index in [0.29, 0.717) is 16.7 Å². The zero-order chi connectivity index (χ0) is 14.1. The predicted molar refractivity (Wildman–Crippen MR) is 66.7 cm³/mol. The molecule has 1 rings (SSSR count). The zero-order valence-corrected chi connectivity index (χ0v) is 14.5. The first-order valence-corrected chi connectivity index (χ1v) is 5.33. The second-order valence-corrected chi connectivity index (χ2v) is 4.22. The van der Waals surface area contributed by atoms with Crippen LogP contribution in [0.3, 0.4) is 0 Å². The molecule has 98 valence electrons. The van der Waals surface area contributed by atoms with Gasteiger partial charge in [0.25, 0.3) is 0 Å². The number of nitrogens with two attached hydrogens (primary N) is 1. The van der Waals surface area contributed by atoms with Gasteiger partial charge in [-0.2, -0.15) is 0 Å². The molecule has 0 amide bonds. The topological polar surface area (TPSA) is 74.8 Å². The summed E-state index contributed by atoms with van der Waals surface area (Å²) in [6.07, 6.45) is -1.02. The van der Waals surface area contributed by atoms with Gasteiger partial charge in [-0.25, -0.2) is 0 Å². The molecule has 1 aromatic rings. The van der Waals surface area contributed by atoms with Gasteiger partial charge in [-0.15, -0.1) is 0 Å². The number of nitrogens with zero attached hydrogens (tertiary/aromatic N) is 3. The molecule has 0 aromatic heterocycles. The number of benzene rings is 1. The van der Waals surface area contributed by atoms with Gasteiger partial charge in [0.05, 0.1) is 0 Å². The Hall–Kier alpha value is -0.179. The fourth-order valence-electron chi connectivity index (χ4n) is 2.01. The smallest absolute Gasteiger partial charge is 0.449 e. The molecule has 0 heterocycles. The molecule has 0 aliphatic rings. The molecular formula is C10H13BF3KN4. The van der Waals surface area contributed by atoms with E-state index in [1.165, 1.54) is 6.92 Å². The molecule has 0 bridgehead atoms. The summed E-state index contributed by atoms with van der Waals surface area (Å²) in [6, 6.07) is 0. The molecule has 4 nitrogen and oxygen atoms in total. The number of anilines is 1. The van der Waals surface area contributed by atoms with Crippen molar-refractivity contribution >= 4 is 18.4 Å². The molecule has 0 aliphatic carbocycles. The van der Waals surface area contributed by atoms with E-state index >= 15 is 0 Å². The van der Waals surface area contributed by atoms with Crippen molar-refractivity contribution in [2.75, 3.05) is 5.73 Å². The number of hydrogen-bond acceptors (Lipinski definition) is 2. The van der Waals surface area contributed by atoms with Gasteiger partial charge in [0.1, 0.15) is 0 Å². The second kappa shape index (κ2) is 7.01. The van der Waals surface area contributed by atoms with Crippen LogP contribution in [0, 0.1) is 20.8 Å². The Balaban J connectivity index is 0.00000324. The molecule has 1 aromatic carbocycles. The molecule has 0 aliphatic heterocycles. The van der Waals surface area contributed by atoms with Crippen molar-refractivity contribution in [2.45, 2.75) is 27.1 Å². The molecule has 0 saturated heterocycles. The maximum Gasteiger partial charge on any atom is 1.00 e. The number of rotatable bonds is 3. The summed E-state index contributed by atoms with van der Waals surface area (Å²) in [6.45, 7) is -0.273. The first-order valence-electron chi connectivity index (χ1n) is 5.33. The van der Waals surface area contributed by atoms with Gasteiger partial charge in [-0.3, -0.25) is 0 Å². The molecule has 0 spiro atoms. The maximum atomic E-state index is 12.6. The van der Waals surface area contributed by atoms with E-state index in [0.717, 1.165) is 0 Å². The van der Waals surface area contributed by atoms with Crippen LogP contribution in [-0.4, -0.2) is 6.98 Å². The molecule has 0 radical (unpaired) electrons. The normalized spacial score (nSPS) is 10.6. The standard InChI is InChI=1S/C10H13BF3N4.K/c1-5-8(4-11(12,13)14)6(2)10(17-18-16)7(3)9(5)15;/h4,15H2,1-3H3;/q-1;+1. The van der Waals surface area contributed by atoms with Crippen LogP contribution in [0.25, 0.3) is 10.4 Å². The Labute approximate surface area is 152 Å². The summed E-state index contributed by atoms with van der Waals surface area (Å²) in [7, 11) is 0. The van der Waals surface area contributed by atoms with Crippen LogP contribution >= 0.6 is 0 Å². The predicted octanol–water partition coefficient (Wildman–Crippen LogP) is 1.07. The fraction of sp³-hybridized carbons (Fsp3) is 0.400. The van der Waals surface area contributed by atoms with Crippen molar-refractivity contribution < 1.29 is 64.3 Å². The van der Waals surface area contributed by atoms with E-state index in [1.807, 2.05) is 0 Å². The SMILES string of the molecule is Cc1c(N)c(C)c(N=[N+]=[N-])c(C)c1C[B-](F)(F)F.[K+]. The monoisotopic (exact) mass is 296 g/mol. The van der Waals surface area contributed by atoms with Gasteiger partial charge < -0.3 is 18.7 Å². The van der Waals surface area contributed by atoms with Gasteiger partial charge in [-0.1, -0.05) is 17.0 Å². The summed E-state index contributed by atoms with van der Waals surface area (Å²) in [4.78, 5) is 2.63. The van der Waals surface area contributed by atoms with E-state index in [9.17, 15) is 12.9 Å². The average Bonchev–Trinajstić information content (AvgIpc) is 2.26. The van der Waals surface area contributed by atoms with Crippen LogP contribution in [0.5, 0.6) is 0 Å². The molecule has 19 heavy (non-hydrogen) atoms. The van der Waals surface area contributed by atoms with Crippen LogP contribution < -0.4 is 57.1 Å². The Kier molecular flexibility index (Phi) is 6.94. The van der Waals surface area contributed by atoms with Crippen molar-refractivity contribution in [3.05, 3.63) is 32.7 Å². The zero-order valence-electron chi connectivity index (χ0n) is 11.3. The second-order valence-electron chi connectivity index (χ2n) is 4.22. The molecular weight excluding hydrogens is 283 g/mol. The summed E-state index contributed by atoms with van der Waals surface area (Å²) >= 11 is 0. The van der Waals surface area contributed by atoms with Gasteiger partial charge >= 0.3 is 58.4 Å². The fourth-order valence-corrected chi connectivity index (χ4v) is 2.01. The number of nitrogen functional groups attached to an aromatic ring is 1. The van der Waals surface area contributed by atoms with E-state index in [1.54, 1.807) is 13.8 Å². The Morgan fingerprint density at radius 1 is 1.16 bits per heavy atom. The molecule has 0 fully saturated rings. The summed E-state index contributed by atoms with van der Waals surface area (Å²) in [5, 5.41) is 3.44. The van der Waals surface area contributed by atoms with Crippen molar-refractivity contribution in [1.29, 1.82) is 0 Å². The third-order valence-corrected chi connectivity index (χ3v) is 3.00. The minimum Gasteiger partial charge on any atom is -0.449 e. The minimum absolute atomic E-state index is 0. The number of azide groups is 1. The molecule has 9 heteroatoms. The molecule has 0 unspecified atom stereocenters. The molecule has 2 N–H and O–H groups in total. The number of halogens is 3. The number of hydrogen-bond donors (Lipinski definition) is 1. The van der Waals surface area contributed by atoms with Gasteiger partial charge in [0.2, 0.25) is 0 Å². The third-order valence-electron chi connectivity index (χ3n) is 3.00. The summed E-state index contributed by atoms with van der Waals surface area (Å²) < 4.78 is 37.7. The van der Waals surface area contributed by atoms with Crippen molar-refractivity contribution in [2.24, 2.45) is 5.11 Å². The largest absolute Gasteiger partial charge is 1.00 e. The van der Waals surface area contributed by atoms with Crippen molar-refractivity contribution in [3.8, 4) is 0 Å². The summed E-state index contributed by atoms with van der Waals surface area (Å²) in [5.41, 5.74) is 16.0. The third kappa shape index (κ3) is 4.41. The Morgan fingerprint density at radius 2 is 1.68 bits per heavy atom. The minimum atomic E-state index is -4.96. The Bertz CT molecular complexity index is 539. The van der Waals surface area contributed by atoms with E-state index < -0.39 is 13.3 Å². The van der Waals surface area contributed by atoms with Crippen LogP contribution in [0.1, 0.15) is 22.3 Å². The van der Waals surface area contributed by atoms with Crippen LogP contribution in [0.2, 0.25) is 0 Å². The van der Waals surface area contributed by atoms with Gasteiger partial charge in [0, 0.05) is 16.3 Å². The Morgan fingerprint density at radius 3 is 2.11 bits per heavy atom. The van der Waals surface area contributed by atoms with E-state index in [-0.39, 0.29) is 68.3 Å². The summed E-state index contributed by atoms with van der Waals surface area (Å²) in [5.74, 6) is 0. The van der Waals surface area contributed by atoms with E-state index in [2.05, 4.69) is 10.0 Å². The van der Waals surface area contributed by atoms with E-state index in [4.69, 9.17) is 11.3 Å². The maximum absolute atomic E-state index is 12.6. The van der Waals surface area contributed by atoms with Gasteiger partial charge in [0.15, 0.2) is 0 Å². The first kappa shape index (κ1) is 18.8. The quantitative estimate of drug-likeness (QED) is 0.293. The van der Waals surface area contributed by atoms with Gasteiger partial charge in [-0.05, 0) is 43.0 Å². The molecule has 0 saturated carbocycles. The van der Waals surface area contributed by atoms with Crippen molar-refractivity contribution in [3.63, 3.8) is 0 Å². The average molecular weight is 296 g/mol. The van der Waals surface area contributed by atoms with Crippen LogP contribution in [0.4, 0.5) is 24.3 Å².